The summed E-state index contributed by atoms with van der Waals surface area (Å²) < 4.78 is 7.64. The van der Waals surface area contributed by atoms with Crippen LogP contribution in [0.1, 0.15) is 45.4 Å². The predicted molar refractivity (Wildman–Crippen MR) is 141 cm³/mol. The van der Waals surface area contributed by atoms with Gasteiger partial charge in [-0.2, -0.15) is 0 Å². The number of aliphatic hydroxyl groups excluding tert-OH is 1. The molecule has 0 saturated carbocycles. The van der Waals surface area contributed by atoms with Crippen molar-refractivity contribution in [3.05, 3.63) is 71.3 Å². The van der Waals surface area contributed by atoms with Gasteiger partial charge in [0.1, 0.15) is 17.5 Å². The normalized spacial score (nSPS) is 18.3. The SMILES string of the molecule is Cc1ccc2cc1OCCCn1cc(nn1)CCN(C(=O)c1ccccn1)CCNC(=O)[C@H]([C@@H](C)O)NC2=O. The van der Waals surface area contributed by atoms with Gasteiger partial charge in [-0.25, -0.2) is 0 Å². The van der Waals surface area contributed by atoms with Crippen LogP contribution in [0, 0.1) is 6.92 Å². The lowest BCUT2D eigenvalue weighted by molar-refractivity contribution is -0.125. The quantitative estimate of drug-likeness (QED) is 0.435. The number of hydrogen-bond donors (Lipinski definition) is 3. The molecule has 12 nitrogen and oxygen atoms in total. The molecule has 2 atom stereocenters. The van der Waals surface area contributed by atoms with Crippen molar-refractivity contribution in [1.29, 1.82) is 0 Å². The van der Waals surface area contributed by atoms with Gasteiger partial charge in [0.15, 0.2) is 0 Å². The third kappa shape index (κ3) is 7.38. The summed E-state index contributed by atoms with van der Waals surface area (Å²) in [6, 6.07) is 8.93. The van der Waals surface area contributed by atoms with E-state index in [2.05, 4.69) is 25.9 Å². The number of nitrogens with one attached hydrogen (secondary N) is 2. The van der Waals surface area contributed by atoms with Gasteiger partial charge in [-0.3, -0.25) is 24.0 Å². The van der Waals surface area contributed by atoms with Gasteiger partial charge in [0.25, 0.3) is 11.8 Å². The van der Waals surface area contributed by atoms with Crippen molar-refractivity contribution in [1.82, 2.24) is 35.5 Å². The van der Waals surface area contributed by atoms with E-state index in [1.807, 2.05) is 13.1 Å². The number of amides is 3. The molecule has 3 N–H and O–H groups in total. The molecule has 206 valence electrons. The van der Waals surface area contributed by atoms with Crippen LogP contribution in [0.15, 0.2) is 48.8 Å². The van der Waals surface area contributed by atoms with Gasteiger partial charge in [-0.1, -0.05) is 17.3 Å². The second-order valence-electron chi connectivity index (χ2n) is 9.40. The molecule has 0 spiro atoms. The molecule has 1 aliphatic heterocycles. The molecule has 1 aromatic carbocycles. The van der Waals surface area contributed by atoms with E-state index in [1.165, 1.54) is 6.92 Å². The van der Waals surface area contributed by atoms with Crippen molar-refractivity contribution in [3.8, 4) is 5.75 Å². The summed E-state index contributed by atoms with van der Waals surface area (Å²) in [5.74, 6) is -0.805. The van der Waals surface area contributed by atoms with Gasteiger partial charge in [0.05, 0.1) is 18.4 Å². The van der Waals surface area contributed by atoms with Gasteiger partial charge >= 0.3 is 0 Å². The van der Waals surface area contributed by atoms with Crippen LogP contribution >= 0.6 is 0 Å². The average molecular weight is 536 g/mol. The van der Waals surface area contributed by atoms with E-state index in [0.29, 0.717) is 43.9 Å². The van der Waals surface area contributed by atoms with Crippen LogP contribution in [0.3, 0.4) is 0 Å². The first-order chi connectivity index (χ1) is 18.8. The van der Waals surface area contributed by atoms with E-state index in [4.69, 9.17) is 4.74 Å². The summed E-state index contributed by atoms with van der Waals surface area (Å²) in [6.07, 6.45) is 3.35. The monoisotopic (exact) mass is 535 g/mol. The number of carbonyl (C=O) groups is 3. The second kappa shape index (κ2) is 13.0. The molecular weight excluding hydrogens is 502 g/mol. The van der Waals surface area contributed by atoms with Crippen molar-refractivity contribution < 1.29 is 24.2 Å². The minimum atomic E-state index is -1.19. The molecule has 3 heterocycles. The molecule has 0 radical (unpaired) electrons. The third-order valence-corrected chi connectivity index (χ3v) is 6.37. The summed E-state index contributed by atoms with van der Waals surface area (Å²) >= 11 is 0. The molecule has 2 aromatic heterocycles. The Kier molecular flexibility index (Phi) is 9.21. The van der Waals surface area contributed by atoms with E-state index in [0.717, 1.165) is 11.3 Å². The fourth-order valence-electron chi connectivity index (χ4n) is 4.14. The smallest absolute Gasteiger partial charge is 0.272 e. The Hall–Kier alpha value is -4.32. The molecule has 1 aliphatic rings. The third-order valence-electron chi connectivity index (χ3n) is 6.37. The van der Waals surface area contributed by atoms with Gasteiger partial charge in [0, 0.05) is 57.0 Å². The molecule has 0 saturated heterocycles. The van der Waals surface area contributed by atoms with E-state index < -0.39 is 24.0 Å². The van der Waals surface area contributed by atoms with Crippen LogP contribution in [0.4, 0.5) is 0 Å². The number of benzene rings is 1. The van der Waals surface area contributed by atoms with Gasteiger partial charge in [0.2, 0.25) is 5.91 Å². The number of ether oxygens (including phenoxy) is 1. The number of hydrogen-bond acceptors (Lipinski definition) is 8. The zero-order valence-electron chi connectivity index (χ0n) is 22.0. The maximum Gasteiger partial charge on any atom is 0.272 e. The van der Waals surface area contributed by atoms with Crippen molar-refractivity contribution in [2.24, 2.45) is 0 Å². The maximum atomic E-state index is 13.2. The molecule has 3 amide bonds. The second-order valence-corrected chi connectivity index (χ2v) is 9.40. The first kappa shape index (κ1) is 27.7. The molecular formula is C27H33N7O5. The Labute approximate surface area is 226 Å². The van der Waals surface area contributed by atoms with Crippen LogP contribution in [-0.4, -0.2) is 86.1 Å². The van der Waals surface area contributed by atoms with Crippen molar-refractivity contribution in [2.45, 2.75) is 45.4 Å². The topological polar surface area (TPSA) is 152 Å². The number of aromatic nitrogens is 4. The standard InChI is InChI=1S/C27H33N7O5/c1-18-7-8-20-16-23(18)39-15-5-12-34-17-21(31-32-34)9-13-33(27(38)22-6-3-4-10-28-22)14-11-29-26(37)24(19(2)35)30-25(20)36/h3-4,6-8,10,16-17,19,24,35H,5,9,11-15H2,1-2H3,(H,29,37)(H,30,36)/t19-,24+/m1/s1. The zero-order valence-corrected chi connectivity index (χ0v) is 22.0. The van der Waals surface area contributed by atoms with Crippen molar-refractivity contribution in [2.75, 3.05) is 26.2 Å². The number of nitrogens with zero attached hydrogens (tertiary/aromatic N) is 5. The Morgan fingerprint density at radius 3 is 2.79 bits per heavy atom. The highest BCUT2D eigenvalue weighted by molar-refractivity contribution is 5.98. The first-order valence-corrected chi connectivity index (χ1v) is 12.9. The van der Waals surface area contributed by atoms with E-state index in [9.17, 15) is 19.5 Å². The molecule has 39 heavy (non-hydrogen) atoms. The number of fused-ring (bicyclic) bond motifs is 4. The molecule has 0 unspecified atom stereocenters. The van der Waals surface area contributed by atoms with E-state index in [1.54, 1.807) is 52.2 Å². The lowest BCUT2D eigenvalue weighted by Crippen LogP contribution is -2.53. The summed E-state index contributed by atoms with van der Waals surface area (Å²) in [4.78, 5) is 44.8. The first-order valence-electron chi connectivity index (χ1n) is 12.9. The number of aryl methyl sites for hydroxylation is 2. The fraction of sp³-hybridized carbons (Fsp3) is 0.407. The van der Waals surface area contributed by atoms with Gasteiger partial charge in [-0.05, 0) is 43.7 Å². The van der Waals surface area contributed by atoms with Crippen molar-refractivity contribution >= 4 is 17.7 Å². The Bertz CT molecular complexity index is 1290. The van der Waals surface area contributed by atoms with Crippen LogP contribution in [-0.2, 0) is 17.8 Å². The zero-order chi connectivity index (χ0) is 27.8. The van der Waals surface area contributed by atoms with Crippen molar-refractivity contribution in [3.63, 3.8) is 0 Å². The molecule has 4 rings (SSSR count). The fourth-order valence-corrected chi connectivity index (χ4v) is 4.14. The Morgan fingerprint density at radius 1 is 1.18 bits per heavy atom. The van der Waals surface area contributed by atoms with Crippen LogP contribution in [0.2, 0.25) is 0 Å². The van der Waals surface area contributed by atoms with E-state index >= 15 is 0 Å². The van der Waals surface area contributed by atoms with Crippen LogP contribution in [0.25, 0.3) is 0 Å². The van der Waals surface area contributed by atoms with Crippen LogP contribution < -0.4 is 15.4 Å². The largest absolute Gasteiger partial charge is 0.493 e. The molecule has 0 fully saturated rings. The molecule has 4 bridgehead atoms. The predicted octanol–water partition coefficient (Wildman–Crippen LogP) is 0.745. The molecule has 3 aromatic rings. The lowest BCUT2D eigenvalue weighted by atomic mass is 10.1. The van der Waals surface area contributed by atoms with Gasteiger partial charge < -0.3 is 25.4 Å². The minimum absolute atomic E-state index is 0.103. The van der Waals surface area contributed by atoms with E-state index in [-0.39, 0.29) is 24.7 Å². The highest BCUT2D eigenvalue weighted by Gasteiger charge is 2.27. The maximum absolute atomic E-state index is 13.2. The summed E-state index contributed by atoms with van der Waals surface area (Å²) in [6.45, 7) is 4.92. The Morgan fingerprint density at radius 2 is 2.03 bits per heavy atom. The molecule has 0 aliphatic carbocycles. The van der Waals surface area contributed by atoms with Crippen LogP contribution in [0.5, 0.6) is 5.75 Å². The highest BCUT2D eigenvalue weighted by atomic mass is 16.5. The average Bonchev–Trinajstić information content (AvgIpc) is 3.39. The lowest BCUT2D eigenvalue weighted by Gasteiger charge is -2.24. The Balaban J connectivity index is 1.55. The number of carbonyl (C=O) groups excluding carboxylic acids is 3. The number of rotatable bonds is 2. The minimum Gasteiger partial charge on any atom is -0.493 e. The highest BCUT2D eigenvalue weighted by Crippen LogP contribution is 2.20. The number of aliphatic hydroxyl groups is 1. The molecule has 12 heteroatoms. The summed E-state index contributed by atoms with van der Waals surface area (Å²) in [5.41, 5.74) is 2.19. The van der Waals surface area contributed by atoms with Gasteiger partial charge in [-0.15, -0.1) is 5.10 Å². The summed E-state index contributed by atoms with van der Waals surface area (Å²) in [5, 5.41) is 24.0. The number of pyridine rings is 1. The summed E-state index contributed by atoms with van der Waals surface area (Å²) in [7, 11) is 0.